The Balaban J connectivity index is 2.14. The molecule has 1 amide bonds. The molecule has 0 spiro atoms. The Morgan fingerprint density at radius 3 is 2.90 bits per heavy atom. The molecular formula is C17H21NO2S. The van der Waals surface area contributed by atoms with Gasteiger partial charge in [0.2, 0.25) is 0 Å². The second-order valence-electron chi connectivity index (χ2n) is 5.18. The fraction of sp³-hybridized carbons (Fsp3) is 0.471. The maximum atomic E-state index is 12.5. The van der Waals surface area contributed by atoms with Gasteiger partial charge in [-0.15, -0.1) is 0 Å². The van der Waals surface area contributed by atoms with E-state index in [2.05, 4.69) is 17.2 Å². The van der Waals surface area contributed by atoms with Gasteiger partial charge in [0.25, 0.3) is 5.91 Å². The van der Waals surface area contributed by atoms with Crippen LogP contribution in [-0.4, -0.2) is 35.2 Å². The highest BCUT2D eigenvalue weighted by atomic mass is 32.2. The average molecular weight is 303 g/mol. The molecule has 21 heavy (non-hydrogen) atoms. The Hall–Kier alpha value is -1.44. The molecular weight excluding hydrogens is 282 g/mol. The molecule has 1 aliphatic rings. The minimum atomic E-state index is -0.0381. The van der Waals surface area contributed by atoms with E-state index in [-0.39, 0.29) is 18.6 Å². The molecule has 1 heterocycles. The van der Waals surface area contributed by atoms with Crippen LogP contribution in [0.1, 0.15) is 40.7 Å². The van der Waals surface area contributed by atoms with Gasteiger partial charge in [-0.1, -0.05) is 23.5 Å². The molecule has 1 aromatic rings. The fourth-order valence-corrected chi connectivity index (χ4v) is 3.38. The number of hydrogen-bond acceptors (Lipinski definition) is 3. The minimum absolute atomic E-state index is 0.0381. The van der Waals surface area contributed by atoms with Crippen LogP contribution in [0.5, 0.6) is 0 Å². The van der Waals surface area contributed by atoms with Crippen molar-refractivity contribution in [2.24, 2.45) is 0 Å². The summed E-state index contributed by atoms with van der Waals surface area (Å²) >= 11 is 1.94. The Morgan fingerprint density at radius 1 is 1.43 bits per heavy atom. The van der Waals surface area contributed by atoms with Gasteiger partial charge in [0, 0.05) is 18.0 Å². The lowest BCUT2D eigenvalue weighted by molar-refractivity contribution is 0.0934. The third-order valence-electron chi connectivity index (χ3n) is 3.44. The van der Waals surface area contributed by atoms with E-state index in [1.165, 1.54) is 0 Å². The number of aliphatic hydroxyl groups excluding tert-OH is 1. The first-order valence-corrected chi connectivity index (χ1v) is 8.45. The molecule has 1 saturated heterocycles. The van der Waals surface area contributed by atoms with Crippen LogP contribution in [0.25, 0.3) is 0 Å². The number of aryl methyl sites for hydroxylation is 1. The SMILES string of the molecule is Cc1ccc(C#CCCO)c(C(=O)NC2CCSCC2)c1. The van der Waals surface area contributed by atoms with Crippen LogP contribution >= 0.6 is 11.8 Å². The van der Waals surface area contributed by atoms with E-state index in [0.717, 1.165) is 35.5 Å². The van der Waals surface area contributed by atoms with Crippen molar-refractivity contribution in [2.45, 2.75) is 32.2 Å². The van der Waals surface area contributed by atoms with Gasteiger partial charge in [-0.25, -0.2) is 0 Å². The van der Waals surface area contributed by atoms with Crippen LogP contribution in [0.2, 0.25) is 0 Å². The van der Waals surface area contributed by atoms with Gasteiger partial charge in [-0.2, -0.15) is 11.8 Å². The van der Waals surface area contributed by atoms with E-state index in [9.17, 15) is 4.79 Å². The lowest BCUT2D eigenvalue weighted by atomic mass is 10.0. The van der Waals surface area contributed by atoms with Crippen LogP contribution in [0.15, 0.2) is 18.2 Å². The largest absolute Gasteiger partial charge is 0.395 e. The number of benzene rings is 1. The Labute approximate surface area is 130 Å². The summed E-state index contributed by atoms with van der Waals surface area (Å²) in [6.45, 7) is 2.01. The van der Waals surface area contributed by atoms with Crippen molar-refractivity contribution >= 4 is 17.7 Å². The first-order chi connectivity index (χ1) is 10.2. The zero-order valence-electron chi connectivity index (χ0n) is 12.3. The molecule has 0 aliphatic carbocycles. The first kappa shape index (κ1) is 15.9. The number of carbonyl (C=O) groups is 1. The van der Waals surface area contributed by atoms with Crippen LogP contribution in [0.4, 0.5) is 0 Å². The van der Waals surface area contributed by atoms with Crippen molar-refractivity contribution in [2.75, 3.05) is 18.1 Å². The van der Waals surface area contributed by atoms with Gasteiger partial charge in [-0.05, 0) is 43.4 Å². The summed E-state index contributed by atoms with van der Waals surface area (Å²) in [4.78, 5) is 12.5. The molecule has 2 rings (SSSR count). The molecule has 0 radical (unpaired) electrons. The van der Waals surface area contributed by atoms with Crippen molar-refractivity contribution in [1.82, 2.24) is 5.32 Å². The molecule has 0 atom stereocenters. The molecule has 1 aliphatic heterocycles. The molecule has 112 valence electrons. The van der Waals surface area contributed by atoms with Crippen molar-refractivity contribution in [3.05, 3.63) is 34.9 Å². The predicted molar refractivity (Wildman–Crippen MR) is 87.6 cm³/mol. The topological polar surface area (TPSA) is 49.3 Å². The number of hydrogen-bond donors (Lipinski definition) is 2. The minimum Gasteiger partial charge on any atom is -0.395 e. The van der Waals surface area contributed by atoms with E-state index in [1.807, 2.05) is 36.9 Å². The smallest absolute Gasteiger partial charge is 0.252 e. The normalized spacial score (nSPS) is 15.1. The summed E-state index contributed by atoms with van der Waals surface area (Å²) in [6, 6.07) is 6.00. The molecule has 1 fully saturated rings. The van der Waals surface area contributed by atoms with Crippen LogP contribution < -0.4 is 5.32 Å². The molecule has 0 saturated carbocycles. The fourth-order valence-electron chi connectivity index (χ4n) is 2.27. The monoisotopic (exact) mass is 303 g/mol. The highest BCUT2D eigenvalue weighted by Gasteiger charge is 2.18. The van der Waals surface area contributed by atoms with Crippen molar-refractivity contribution < 1.29 is 9.90 Å². The summed E-state index contributed by atoms with van der Waals surface area (Å²) < 4.78 is 0. The Morgan fingerprint density at radius 2 is 2.19 bits per heavy atom. The summed E-state index contributed by atoms with van der Waals surface area (Å²) in [7, 11) is 0. The zero-order chi connectivity index (χ0) is 15.1. The third kappa shape index (κ3) is 4.80. The average Bonchev–Trinajstić information content (AvgIpc) is 2.50. The maximum absolute atomic E-state index is 12.5. The van der Waals surface area contributed by atoms with E-state index >= 15 is 0 Å². The van der Waals surface area contributed by atoms with Gasteiger partial charge in [0.05, 0.1) is 12.2 Å². The third-order valence-corrected chi connectivity index (χ3v) is 4.48. The molecule has 3 nitrogen and oxygen atoms in total. The number of carbonyl (C=O) groups excluding carboxylic acids is 1. The molecule has 0 aromatic heterocycles. The molecule has 1 aromatic carbocycles. The van der Waals surface area contributed by atoms with Gasteiger partial charge in [0.1, 0.15) is 0 Å². The maximum Gasteiger partial charge on any atom is 0.252 e. The zero-order valence-corrected chi connectivity index (χ0v) is 13.1. The lowest BCUT2D eigenvalue weighted by Gasteiger charge is -2.22. The molecule has 4 heteroatoms. The highest BCUT2D eigenvalue weighted by molar-refractivity contribution is 7.99. The number of amides is 1. The van der Waals surface area contributed by atoms with Crippen LogP contribution in [0, 0.1) is 18.8 Å². The first-order valence-electron chi connectivity index (χ1n) is 7.29. The van der Waals surface area contributed by atoms with Crippen LogP contribution in [0.3, 0.4) is 0 Å². The van der Waals surface area contributed by atoms with Gasteiger partial charge >= 0.3 is 0 Å². The molecule has 0 bridgehead atoms. The summed E-state index contributed by atoms with van der Waals surface area (Å²) in [5, 5.41) is 11.9. The van der Waals surface area contributed by atoms with Crippen molar-refractivity contribution in [3.63, 3.8) is 0 Å². The summed E-state index contributed by atoms with van der Waals surface area (Å²) in [5.74, 6) is 8.06. The van der Waals surface area contributed by atoms with Gasteiger partial charge in [-0.3, -0.25) is 4.79 Å². The predicted octanol–water partition coefficient (Wildman–Crippen LogP) is 2.35. The number of aliphatic hydroxyl groups is 1. The van der Waals surface area contributed by atoms with E-state index in [1.54, 1.807) is 0 Å². The molecule has 0 unspecified atom stereocenters. The number of thioether (sulfide) groups is 1. The van der Waals surface area contributed by atoms with Crippen LogP contribution in [-0.2, 0) is 0 Å². The van der Waals surface area contributed by atoms with Crippen molar-refractivity contribution in [3.8, 4) is 11.8 Å². The Bertz CT molecular complexity index is 554. The Kier molecular flexibility index (Phi) is 6.16. The van der Waals surface area contributed by atoms with Gasteiger partial charge in [0.15, 0.2) is 0 Å². The quantitative estimate of drug-likeness (QED) is 0.843. The molecule has 2 N–H and O–H groups in total. The highest BCUT2D eigenvalue weighted by Crippen LogP contribution is 2.18. The lowest BCUT2D eigenvalue weighted by Crippen LogP contribution is -2.37. The second kappa shape index (κ2) is 8.11. The van der Waals surface area contributed by atoms with Crippen molar-refractivity contribution in [1.29, 1.82) is 0 Å². The summed E-state index contributed by atoms with van der Waals surface area (Å²) in [5.41, 5.74) is 2.42. The second-order valence-corrected chi connectivity index (χ2v) is 6.41. The number of rotatable bonds is 3. The summed E-state index contributed by atoms with van der Waals surface area (Å²) in [6.07, 6.45) is 2.50. The van der Waals surface area contributed by atoms with Gasteiger partial charge < -0.3 is 10.4 Å². The number of nitrogens with one attached hydrogen (secondary N) is 1. The van der Waals surface area contributed by atoms with E-state index in [0.29, 0.717) is 12.0 Å². The van der Waals surface area contributed by atoms with E-state index < -0.39 is 0 Å². The standard InChI is InChI=1S/C17H21NO2S/c1-13-5-6-14(4-2-3-9-19)16(12-13)17(20)18-15-7-10-21-11-8-15/h5-6,12,15,19H,3,7-11H2,1H3,(H,18,20). The van der Waals surface area contributed by atoms with E-state index in [4.69, 9.17) is 5.11 Å².